The number of nitrogens with one attached hydrogen (secondary N) is 1. The first-order valence-electron chi connectivity index (χ1n) is 10.8. The molecular formula is C24H25N5O2. The molecule has 0 bridgehead atoms. The van der Waals surface area contributed by atoms with E-state index in [2.05, 4.69) is 56.6 Å². The Hall–Kier alpha value is -3.32. The van der Waals surface area contributed by atoms with Crippen LogP contribution >= 0.6 is 0 Å². The predicted molar refractivity (Wildman–Crippen MR) is 118 cm³/mol. The summed E-state index contributed by atoms with van der Waals surface area (Å²) in [5.41, 5.74) is 5.67. The molecule has 7 nitrogen and oxygen atoms in total. The molecule has 1 aliphatic heterocycles. The Morgan fingerprint density at radius 1 is 1.13 bits per heavy atom. The summed E-state index contributed by atoms with van der Waals surface area (Å²) in [5, 5.41) is 3.11. The largest absolute Gasteiger partial charge is 0.378 e. The second kappa shape index (κ2) is 8.81. The zero-order valence-corrected chi connectivity index (χ0v) is 17.3. The van der Waals surface area contributed by atoms with Crippen molar-refractivity contribution in [2.45, 2.75) is 25.3 Å². The van der Waals surface area contributed by atoms with Crippen molar-refractivity contribution >= 4 is 11.6 Å². The van der Waals surface area contributed by atoms with Crippen molar-refractivity contribution in [2.75, 3.05) is 31.2 Å². The van der Waals surface area contributed by atoms with Gasteiger partial charge in [0.2, 0.25) is 0 Å². The summed E-state index contributed by atoms with van der Waals surface area (Å²) in [7, 11) is 0. The number of benzene rings is 1. The first-order chi connectivity index (χ1) is 15.3. The number of fused-ring (bicyclic) bond motifs is 1. The van der Waals surface area contributed by atoms with Gasteiger partial charge in [0.1, 0.15) is 5.69 Å². The number of hydrogen-bond donors (Lipinski definition) is 1. The molecule has 158 valence electrons. The average Bonchev–Trinajstić information content (AvgIpc) is 2.85. The maximum absolute atomic E-state index is 12.6. The number of amides is 1. The molecule has 1 fully saturated rings. The number of anilines is 1. The van der Waals surface area contributed by atoms with Gasteiger partial charge >= 0.3 is 0 Å². The van der Waals surface area contributed by atoms with Crippen LogP contribution in [0.15, 0.2) is 55.0 Å². The number of morpholine rings is 1. The molecule has 31 heavy (non-hydrogen) atoms. The van der Waals surface area contributed by atoms with Crippen molar-refractivity contribution in [1.82, 2.24) is 20.3 Å². The lowest BCUT2D eigenvalue weighted by Gasteiger charge is -2.29. The zero-order valence-electron chi connectivity index (χ0n) is 17.3. The number of carbonyl (C=O) groups is 1. The molecule has 7 heteroatoms. The Morgan fingerprint density at radius 3 is 2.87 bits per heavy atom. The molecule has 0 radical (unpaired) electrons. The standard InChI is InChI=1S/C24H25N5O2/c30-24(22-16-25-9-10-26-22)28-21-6-2-3-17-7-8-20(27-23(17)21)18-4-1-5-19(15-18)29-11-13-31-14-12-29/h1,4-5,7-10,15-16,21H,2-3,6,11-14H2,(H,28,30). The van der Waals surface area contributed by atoms with Gasteiger partial charge in [-0.2, -0.15) is 0 Å². The van der Waals surface area contributed by atoms with Crippen molar-refractivity contribution in [3.05, 3.63) is 71.9 Å². The maximum Gasteiger partial charge on any atom is 0.272 e. The van der Waals surface area contributed by atoms with Crippen molar-refractivity contribution in [3.8, 4) is 11.3 Å². The Labute approximate surface area is 181 Å². The summed E-state index contributed by atoms with van der Waals surface area (Å²) in [6, 6.07) is 12.6. The van der Waals surface area contributed by atoms with Crippen LogP contribution in [-0.4, -0.2) is 47.2 Å². The topological polar surface area (TPSA) is 80.2 Å². The monoisotopic (exact) mass is 415 g/mol. The first kappa shape index (κ1) is 19.6. The van der Waals surface area contributed by atoms with Gasteiger partial charge in [-0.15, -0.1) is 0 Å². The van der Waals surface area contributed by atoms with Gasteiger partial charge in [0.25, 0.3) is 5.91 Å². The second-order valence-electron chi connectivity index (χ2n) is 7.90. The molecule has 2 aromatic heterocycles. The smallest absolute Gasteiger partial charge is 0.272 e. The first-order valence-corrected chi connectivity index (χ1v) is 10.8. The predicted octanol–water partition coefficient (Wildman–Crippen LogP) is 3.18. The molecule has 1 aliphatic carbocycles. The number of rotatable bonds is 4. The molecule has 0 spiro atoms. The van der Waals surface area contributed by atoms with Crippen LogP contribution in [0.5, 0.6) is 0 Å². The van der Waals surface area contributed by atoms with E-state index in [1.54, 1.807) is 6.20 Å². The van der Waals surface area contributed by atoms with E-state index in [9.17, 15) is 4.79 Å². The highest BCUT2D eigenvalue weighted by Gasteiger charge is 2.25. The van der Waals surface area contributed by atoms with E-state index < -0.39 is 0 Å². The summed E-state index contributed by atoms with van der Waals surface area (Å²) >= 11 is 0. The van der Waals surface area contributed by atoms with E-state index in [0.717, 1.165) is 62.5 Å². The quantitative estimate of drug-likeness (QED) is 0.705. The summed E-state index contributed by atoms with van der Waals surface area (Å²) in [4.78, 5) is 28.1. The Morgan fingerprint density at radius 2 is 2.03 bits per heavy atom. The molecule has 3 heterocycles. The number of hydrogen-bond acceptors (Lipinski definition) is 6. The molecule has 1 N–H and O–H groups in total. The molecule has 1 aromatic carbocycles. The number of nitrogens with zero attached hydrogens (tertiary/aromatic N) is 4. The normalized spacial score (nSPS) is 18.3. The minimum Gasteiger partial charge on any atom is -0.378 e. The molecule has 5 rings (SSSR count). The van der Waals surface area contributed by atoms with E-state index in [1.807, 2.05) is 0 Å². The third kappa shape index (κ3) is 4.27. The highest BCUT2D eigenvalue weighted by Crippen LogP contribution is 2.32. The van der Waals surface area contributed by atoms with Crippen molar-refractivity contribution in [2.24, 2.45) is 0 Å². The third-order valence-corrected chi connectivity index (χ3v) is 5.90. The lowest BCUT2D eigenvalue weighted by Crippen LogP contribution is -2.36. The molecular weight excluding hydrogens is 390 g/mol. The Balaban J connectivity index is 1.41. The number of ether oxygens (including phenoxy) is 1. The fraction of sp³-hybridized carbons (Fsp3) is 0.333. The van der Waals surface area contributed by atoms with Crippen LogP contribution in [0.2, 0.25) is 0 Å². The van der Waals surface area contributed by atoms with Gasteiger partial charge in [-0.3, -0.25) is 14.8 Å². The fourth-order valence-corrected chi connectivity index (χ4v) is 4.28. The Kier molecular flexibility index (Phi) is 5.58. The average molecular weight is 415 g/mol. The summed E-state index contributed by atoms with van der Waals surface area (Å²) in [6.07, 6.45) is 7.44. The van der Waals surface area contributed by atoms with Crippen molar-refractivity contribution in [3.63, 3.8) is 0 Å². The molecule has 1 unspecified atom stereocenters. The number of carbonyl (C=O) groups excluding carboxylic acids is 1. The van der Waals surface area contributed by atoms with Gasteiger partial charge in [0.05, 0.1) is 36.8 Å². The fourth-order valence-electron chi connectivity index (χ4n) is 4.28. The minimum absolute atomic E-state index is 0.124. The number of aromatic nitrogens is 3. The van der Waals surface area contributed by atoms with Gasteiger partial charge in [-0.1, -0.05) is 18.2 Å². The highest BCUT2D eigenvalue weighted by molar-refractivity contribution is 5.92. The van der Waals surface area contributed by atoms with E-state index in [0.29, 0.717) is 5.69 Å². The highest BCUT2D eigenvalue weighted by atomic mass is 16.5. The van der Waals surface area contributed by atoms with Crippen LogP contribution in [0.3, 0.4) is 0 Å². The van der Waals surface area contributed by atoms with Crippen LogP contribution < -0.4 is 10.2 Å². The maximum atomic E-state index is 12.6. The SMILES string of the molecule is O=C(NC1CCCc2ccc(-c3cccc(N4CCOCC4)c3)nc21)c1cnccn1. The molecule has 1 atom stereocenters. The van der Waals surface area contributed by atoms with Gasteiger partial charge < -0.3 is 15.0 Å². The van der Waals surface area contributed by atoms with E-state index in [1.165, 1.54) is 23.6 Å². The number of pyridine rings is 1. The number of aryl methyl sites for hydroxylation is 1. The van der Waals surface area contributed by atoms with Gasteiger partial charge in [0, 0.05) is 36.7 Å². The molecule has 1 saturated heterocycles. The summed E-state index contributed by atoms with van der Waals surface area (Å²) in [5.74, 6) is -0.215. The minimum atomic E-state index is -0.215. The van der Waals surface area contributed by atoms with Crippen LogP contribution in [0.1, 0.15) is 40.6 Å². The van der Waals surface area contributed by atoms with Crippen LogP contribution in [0.4, 0.5) is 5.69 Å². The van der Waals surface area contributed by atoms with Gasteiger partial charge in [-0.25, -0.2) is 4.98 Å². The van der Waals surface area contributed by atoms with E-state index in [4.69, 9.17) is 9.72 Å². The second-order valence-corrected chi connectivity index (χ2v) is 7.90. The molecule has 1 amide bonds. The van der Waals surface area contributed by atoms with E-state index in [-0.39, 0.29) is 11.9 Å². The van der Waals surface area contributed by atoms with Gasteiger partial charge in [-0.05, 0) is 43.0 Å². The third-order valence-electron chi connectivity index (χ3n) is 5.90. The van der Waals surface area contributed by atoms with Crippen molar-refractivity contribution in [1.29, 1.82) is 0 Å². The zero-order chi connectivity index (χ0) is 21.0. The summed E-state index contributed by atoms with van der Waals surface area (Å²) < 4.78 is 5.48. The Bertz CT molecular complexity index is 1070. The van der Waals surface area contributed by atoms with Crippen LogP contribution in [0.25, 0.3) is 11.3 Å². The lowest BCUT2D eigenvalue weighted by molar-refractivity contribution is 0.0926. The lowest BCUT2D eigenvalue weighted by atomic mass is 9.91. The summed E-state index contributed by atoms with van der Waals surface area (Å²) in [6.45, 7) is 3.32. The van der Waals surface area contributed by atoms with Crippen molar-refractivity contribution < 1.29 is 9.53 Å². The van der Waals surface area contributed by atoms with Gasteiger partial charge in [0.15, 0.2) is 0 Å². The molecule has 0 saturated carbocycles. The van der Waals surface area contributed by atoms with Crippen LogP contribution in [-0.2, 0) is 11.2 Å². The molecule has 3 aromatic rings. The van der Waals surface area contributed by atoms with Crippen LogP contribution in [0, 0.1) is 0 Å². The van der Waals surface area contributed by atoms with E-state index >= 15 is 0 Å². The molecule has 2 aliphatic rings.